The fourth-order valence-electron chi connectivity index (χ4n) is 1.42. The Labute approximate surface area is 77.4 Å². The summed E-state index contributed by atoms with van der Waals surface area (Å²) in [5, 5.41) is 3.27. The molecule has 0 radical (unpaired) electrons. The van der Waals surface area contributed by atoms with Crippen molar-refractivity contribution in [1.82, 2.24) is 15.3 Å². The van der Waals surface area contributed by atoms with Crippen LogP contribution in [0.4, 0.5) is 0 Å². The molecule has 1 aliphatic heterocycles. The molecule has 1 atom stereocenters. The van der Waals surface area contributed by atoms with Crippen LogP contribution in [0.1, 0.15) is 12.8 Å². The van der Waals surface area contributed by atoms with E-state index < -0.39 is 0 Å². The average Bonchev–Trinajstić information content (AvgIpc) is 2.21. The van der Waals surface area contributed by atoms with Gasteiger partial charge in [0.05, 0.1) is 0 Å². The molecular weight excluding hydrogens is 166 g/mol. The lowest BCUT2D eigenvalue weighted by Gasteiger charge is -2.22. The number of aromatic nitrogens is 2. The lowest BCUT2D eigenvalue weighted by Crippen LogP contribution is -2.37. The molecule has 1 aromatic rings. The largest absolute Gasteiger partial charge is 0.459 e. The van der Waals surface area contributed by atoms with Crippen LogP contribution in [0, 0.1) is 0 Å². The molecule has 0 bridgehead atoms. The Kier molecular flexibility index (Phi) is 2.72. The molecule has 1 saturated heterocycles. The van der Waals surface area contributed by atoms with Crippen molar-refractivity contribution in [3.8, 4) is 6.01 Å². The Morgan fingerprint density at radius 1 is 1.38 bits per heavy atom. The Balaban J connectivity index is 1.90. The second-order valence-corrected chi connectivity index (χ2v) is 3.12. The first-order valence-electron chi connectivity index (χ1n) is 4.59. The Morgan fingerprint density at radius 3 is 2.92 bits per heavy atom. The van der Waals surface area contributed by atoms with Crippen LogP contribution >= 0.6 is 0 Å². The zero-order chi connectivity index (χ0) is 8.93. The van der Waals surface area contributed by atoms with Gasteiger partial charge in [-0.1, -0.05) is 0 Å². The molecule has 0 unspecified atom stereocenters. The van der Waals surface area contributed by atoms with Gasteiger partial charge in [-0.15, -0.1) is 0 Å². The summed E-state index contributed by atoms with van der Waals surface area (Å²) in [4.78, 5) is 8.02. The van der Waals surface area contributed by atoms with E-state index in [0.29, 0.717) is 6.01 Å². The van der Waals surface area contributed by atoms with Gasteiger partial charge in [-0.2, -0.15) is 0 Å². The summed E-state index contributed by atoms with van der Waals surface area (Å²) in [6.07, 6.45) is 5.87. The molecule has 2 heterocycles. The van der Waals surface area contributed by atoms with Crippen molar-refractivity contribution in [3.63, 3.8) is 0 Å². The van der Waals surface area contributed by atoms with E-state index in [9.17, 15) is 0 Å². The van der Waals surface area contributed by atoms with Crippen LogP contribution in [-0.2, 0) is 0 Å². The van der Waals surface area contributed by atoms with Crippen LogP contribution in [-0.4, -0.2) is 29.2 Å². The van der Waals surface area contributed by atoms with Gasteiger partial charge in [0.15, 0.2) is 0 Å². The highest BCUT2D eigenvalue weighted by molar-refractivity contribution is 4.94. The van der Waals surface area contributed by atoms with Crippen molar-refractivity contribution in [1.29, 1.82) is 0 Å². The number of ether oxygens (including phenoxy) is 1. The van der Waals surface area contributed by atoms with Crippen molar-refractivity contribution in [2.45, 2.75) is 18.9 Å². The summed E-state index contributed by atoms with van der Waals surface area (Å²) >= 11 is 0. The first kappa shape index (κ1) is 8.44. The molecule has 0 aromatic carbocycles. The predicted molar refractivity (Wildman–Crippen MR) is 48.6 cm³/mol. The van der Waals surface area contributed by atoms with E-state index >= 15 is 0 Å². The van der Waals surface area contributed by atoms with E-state index in [1.54, 1.807) is 18.5 Å². The minimum atomic E-state index is 0.233. The number of nitrogens with zero attached hydrogens (tertiary/aromatic N) is 2. The average molecular weight is 179 g/mol. The van der Waals surface area contributed by atoms with Gasteiger partial charge in [0.1, 0.15) is 6.10 Å². The van der Waals surface area contributed by atoms with Gasteiger partial charge >= 0.3 is 6.01 Å². The molecule has 1 aromatic heterocycles. The Bertz CT molecular complexity index is 246. The summed E-state index contributed by atoms with van der Waals surface area (Å²) < 4.78 is 5.57. The number of nitrogens with one attached hydrogen (secondary N) is 1. The number of piperidine rings is 1. The predicted octanol–water partition coefficient (Wildman–Crippen LogP) is 0.607. The molecule has 13 heavy (non-hydrogen) atoms. The molecule has 0 amide bonds. The van der Waals surface area contributed by atoms with Crippen molar-refractivity contribution in [3.05, 3.63) is 18.5 Å². The van der Waals surface area contributed by atoms with Crippen LogP contribution in [0.5, 0.6) is 6.01 Å². The third kappa shape index (κ3) is 2.39. The SMILES string of the molecule is c1cnc(O[C@H]2CCCNC2)nc1. The summed E-state index contributed by atoms with van der Waals surface area (Å²) in [6.45, 7) is 1.99. The standard InChI is InChI=1S/C9H13N3O/c1-3-8(7-10-4-1)13-9-11-5-2-6-12-9/h2,5-6,8,10H,1,3-4,7H2/t8-/m0/s1. The van der Waals surface area contributed by atoms with Crippen LogP contribution in [0.25, 0.3) is 0 Å². The van der Waals surface area contributed by atoms with Gasteiger partial charge < -0.3 is 10.1 Å². The van der Waals surface area contributed by atoms with E-state index in [1.165, 1.54) is 0 Å². The zero-order valence-corrected chi connectivity index (χ0v) is 7.44. The second-order valence-electron chi connectivity index (χ2n) is 3.12. The van der Waals surface area contributed by atoms with Gasteiger partial charge in [-0.3, -0.25) is 0 Å². The third-order valence-electron chi connectivity index (χ3n) is 2.07. The zero-order valence-electron chi connectivity index (χ0n) is 7.44. The summed E-state index contributed by atoms with van der Waals surface area (Å²) in [6, 6.07) is 2.27. The van der Waals surface area contributed by atoms with E-state index in [-0.39, 0.29) is 6.10 Å². The quantitative estimate of drug-likeness (QED) is 0.722. The minimum Gasteiger partial charge on any atom is -0.459 e. The molecule has 0 aliphatic carbocycles. The second kappa shape index (κ2) is 4.18. The lowest BCUT2D eigenvalue weighted by molar-refractivity contribution is 0.153. The lowest BCUT2D eigenvalue weighted by atomic mass is 10.1. The van der Waals surface area contributed by atoms with E-state index in [2.05, 4.69) is 15.3 Å². The summed E-state index contributed by atoms with van der Waals surface area (Å²) in [5.74, 6) is 0. The van der Waals surface area contributed by atoms with E-state index in [1.807, 2.05) is 0 Å². The maximum atomic E-state index is 5.57. The van der Waals surface area contributed by atoms with Crippen molar-refractivity contribution >= 4 is 0 Å². The molecular formula is C9H13N3O. The first-order chi connectivity index (χ1) is 6.45. The third-order valence-corrected chi connectivity index (χ3v) is 2.07. The normalized spacial score (nSPS) is 22.6. The molecule has 1 fully saturated rings. The Morgan fingerprint density at radius 2 is 2.23 bits per heavy atom. The fraction of sp³-hybridized carbons (Fsp3) is 0.556. The van der Waals surface area contributed by atoms with Crippen molar-refractivity contribution < 1.29 is 4.74 Å². The maximum Gasteiger partial charge on any atom is 0.316 e. The van der Waals surface area contributed by atoms with Crippen LogP contribution < -0.4 is 10.1 Å². The van der Waals surface area contributed by atoms with Gasteiger partial charge in [0.25, 0.3) is 0 Å². The molecule has 0 spiro atoms. The highest BCUT2D eigenvalue weighted by Crippen LogP contribution is 2.08. The highest BCUT2D eigenvalue weighted by atomic mass is 16.5. The molecule has 0 saturated carbocycles. The monoisotopic (exact) mass is 179 g/mol. The minimum absolute atomic E-state index is 0.233. The molecule has 70 valence electrons. The van der Waals surface area contributed by atoms with Crippen LogP contribution in [0.3, 0.4) is 0 Å². The van der Waals surface area contributed by atoms with Crippen molar-refractivity contribution in [2.75, 3.05) is 13.1 Å². The van der Waals surface area contributed by atoms with E-state index in [0.717, 1.165) is 25.9 Å². The fourth-order valence-corrected chi connectivity index (χ4v) is 1.42. The number of hydrogen-bond acceptors (Lipinski definition) is 4. The number of hydrogen-bond donors (Lipinski definition) is 1. The smallest absolute Gasteiger partial charge is 0.316 e. The molecule has 2 rings (SSSR count). The topological polar surface area (TPSA) is 47.0 Å². The summed E-state index contributed by atoms with van der Waals surface area (Å²) in [5.41, 5.74) is 0. The highest BCUT2D eigenvalue weighted by Gasteiger charge is 2.14. The van der Waals surface area contributed by atoms with Gasteiger partial charge in [-0.05, 0) is 25.5 Å². The first-order valence-corrected chi connectivity index (χ1v) is 4.59. The molecule has 1 aliphatic rings. The Hall–Kier alpha value is -1.16. The molecule has 4 nitrogen and oxygen atoms in total. The maximum absolute atomic E-state index is 5.57. The molecule has 4 heteroatoms. The number of rotatable bonds is 2. The molecule has 1 N–H and O–H groups in total. The van der Waals surface area contributed by atoms with E-state index in [4.69, 9.17) is 4.74 Å². The van der Waals surface area contributed by atoms with Crippen LogP contribution in [0.15, 0.2) is 18.5 Å². The van der Waals surface area contributed by atoms with Crippen molar-refractivity contribution in [2.24, 2.45) is 0 Å². The van der Waals surface area contributed by atoms with Crippen LogP contribution in [0.2, 0.25) is 0 Å². The summed E-state index contributed by atoms with van der Waals surface area (Å²) in [7, 11) is 0. The van der Waals surface area contributed by atoms with Gasteiger partial charge in [0.2, 0.25) is 0 Å². The van der Waals surface area contributed by atoms with Gasteiger partial charge in [0, 0.05) is 18.9 Å². The van der Waals surface area contributed by atoms with Gasteiger partial charge in [-0.25, -0.2) is 9.97 Å².